The van der Waals surface area contributed by atoms with Crippen LogP contribution in [0.15, 0.2) is 24.5 Å². The molecule has 1 atom stereocenters. The number of rotatable bonds is 4. The monoisotopic (exact) mass is 263 g/mol. The summed E-state index contributed by atoms with van der Waals surface area (Å²) in [5, 5.41) is 3.04. The number of carbonyl (C=O) groups is 1. The quantitative estimate of drug-likeness (QED) is 0.850. The maximum absolute atomic E-state index is 12.5. The standard InChI is InChI=1S/C14H21N3O2/c1-11(12-3-2-6-16-9-12)17-13(18)14(10-15)4-7-19-8-5-14/h2-3,6,9,11H,4-5,7-8,10,15H2,1H3,(H,17,18). The molecule has 1 saturated heterocycles. The number of pyridine rings is 1. The van der Waals surface area contributed by atoms with Gasteiger partial charge in [0.05, 0.1) is 11.5 Å². The van der Waals surface area contributed by atoms with Gasteiger partial charge < -0.3 is 15.8 Å². The summed E-state index contributed by atoms with van der Waals surface area (Å²) >= 11 is 0. The third-order valence-corrected chi connectivity index (χ3v) is 3.85. The van der Waals surface area contributed by atoms with Crippen molar-refractivity contribution in [2.24, 2.45) is 11.1 Å². The number of ether oxygens (including phenoxy) is 1. The molecule has 2 rings (SSSR count). The highest BCUT2D eigenvalue weighted by Gasteiger charge is 2.39. The second-order valence-corrected chi connectivity index (χ2v) is 5.08. The molecule has 1 aromatic rings. The van der Waals surface area contributed by atoms with Crippen molar-refractivity contribution in [3.05, 3.63) is 30.1 Å². The van der Waals surface area contributed by atoms with E-state index >= 15 is 0 Å². The minimum Gasteiger partial charge on any atom is -0.381 e. The molecule has 1 unspecified atom stereocenters. The van der Waals surface area contributed by atoms with Gasteiger partial charge in [0.25, 0.3) is 0 Å². The molecule has 1 fully saturated rings. The summed E-state index contributed by atoms with van der Waals surface area (Å²) in [7, 11) is 0. The minimum absolute atomic E-state index is 0.0228. The van der Waals surface area contributed by atoms with Gasteiger partial charge in [-0.05, 0) is 31.4 Å². The molecule has 1 aliphatic rings. The highest BCUT2D eigenvalue weighted by Crippen LogP contribution is 2.30. The fraction of sp³-hybridized carbons (Fsp3) is 0.571. The lowest BCUT2D eigenvalue weighted by Crippen LogP contribution is -2.49. The van der Waals surface area contributed by atoms with Crippen LogP contribution in [0.3, 0.4) is 0 Å². The molecule has 0 bridgehead atoms. The van der Waals surface area contributed by atoms with Gasteiger partial charge in [-0.1, -0.05) is 6.07 Å². The molecule has 0 aromatic carbocycles. The third-order valence-electron chi connectivity index (χ3n) is 3.85. The first-order valence-corrected chi connectivity index (χ1v) is 6.67. The summed E-state index contributed by atoms with van der Waals surface area (Å²) in [4.78, 5) is 16.5. The lowest BCUT2D eigenvalue weighted by atomic mass is 9.79. The molecule has 5 heteroatoms. The maximum Gasteiger partial charge on any atom is 0.228 e. The van der Waals surface area contributed by atoms with E-state index in [0.717, 1.165) is 5.56 Å². The fourth-order valence-corrected chi connectivity index (χ4v) is 2.35. The molecular weight excluding hydrogens is 242 g/mol. The van der Waals surface area contributed by atoms with Crippen molar-refractivity contribution in [2.75, 3.05) is 19.8 Å². The van der Waals surface area contributed by atoms with Gasteiger partial charge in [0.1, 0.15) is 0 Å². The zero-order valence-electron chi connectivity index (χ0n) is 11.3. The number of nitrogens with zero attached hydrogens (tertiary/aromatic N) is 1. The van der Waals surface area contributed by atoms with Gasteiger partial charge in [0, 0.05) is 32.2 Å². The Labute approximate surface area is 113 Å². The summed E-state index contributed by atoms with van der Waals surface area (Å²) in [5.41, 5.74) is 6.34. The van der Waals surface area contributed by atoms with E-state index in [-0.39, 0.29) is 11.9 Å². The molecular formula is C14H21N3O2. The zero-order valence-corrected chi connectivity index (χ0v) is 11.3. The molecule has 5 nitrogen and oxygen atoms in total. The molecule has 0 radical (unpaired) electrons. The van der Waals surface area contributed by atoms with Crippen molar-refractivity contribution in [2.45, 2.75) is 25.8 Å². The molecule has 1 aliphatic heterocycles. The van der Waals surface area contributed by atoms with Crippen molar-refractivity contribution in [3.63, 3.8) is 0 Å². The largest absolute Gasteiger partial charge is 0.381 e. The molecule has 2 heterocycles. The number of amides is 1. The van der Waals surface area contributed by atoms with E-state index in [1.54, 1.807) is 12.4 Å². The van der Waals surface area contributed by atoms with Crippen molar-refractivity contribution in [3.8, 4) is 0 Å². The molecule has 1 amide bonds. The number of hydrogen-bond donors (Lipinski definition) is 2. The van der Waals surface area contributed by atoms with Crippen LogP contribution >= 0.6 is 0 Å². The topological polar surface area (TPSA) is 77.2 Å². The SMILES string of the molecule is CC(NC(=O)C1(CN)CCOCC1)c1cccnc1. The van der Waals surface area contributed by atoms with Crippen LogP contribution in [0.5, 0.6) is 0 Å². The second kappa shape index (κ2) is 6.12. The summed E-state index contributed by atoms with van der Waals surface area (Å²) < 4.78 is 5.32. The lowest BCUT2D eigenvalue weighted by Gasteiger charge is -2.35. The van der Waals surface area contributed by atoms with Crippen molar-refractivity contribution < 1.29 is 9.53 Å². The van der Waals surface area contributed by atoms with E-state index in [4.69, 9.17) is 10.5 Å². The number of carbonyl (C=O) groups excluding carboxylic acids is 1. The molecule has 3 N–H and O–H groups in total. The van der Waals surface area contributed by atoms with Gasteiger partial charge in [-0.25, -0.2) is 0 Å². The Balaban J connectivity index is 2.03. The number of hydrogen-bond acceptors (Lipinski definition) is 4. The molecule has 0 spiro atoms. The second-order valence-electron chi connectivity index (χ2n) is 5.08. The predicted octanol–water partition coefficient (Wildman–Crippen LogP) is 1.01. The van der Waals surface area contributed by atoms with Crippen LogP contribution in [-0.4, -0.2) is 30.6 Å². The van der Waals surface area contributed by atoms with Crippen LogP contribution in [0.1, 0.15) is 31.4 Å². The Morgan fingerprint density at radius 1 is 1.58 bits per heavy atom. The van der Waals surface area contributed by atoms with Gasteiger partial charge >= 0.3 is 0 Å². The first-order chi connectivity index (χ1) is 9.18. The Morgan fingerprint density at radius 3 is 2.89 bits per heavy atom. The van der Waals surface area contributed by atoms with Crippen molar-refractivity contribution >= 4 is 5.91 Å². The van der Waals surface area contributed by atoms with E-state index < -0.39 is 5.41 Å². The Hall–Kier alpha value is -1.46. The van der Waals surface area contributed by atoms with E-state index in [1.165, 1.54) is 0 Å². The first-order valence-electron chi connectivity index (χ1n) is 6.67. The summed E-state index contributed by atoms with van der Waals surface area (Å²) in [6.45, 7) is 3.53. The highest BCUT2D eigenvalue weighted by atomic mass is 16.5. The summed E-state index contributed by atoms with van der Waals surface area (Å²) in [6.07, 6.45) is 4.87. The van der Waals surface area contributed by atoms with E-state index in [1.807, 2.05) is 19.1 Å². The summed E-state index contributed by atoms with van der Waals surface area (Å²) in [5.74, 6) is 0.0228. The highest BCUT2D eigenvalue weighted by molar-refractivity contribution is 5.83. The Bertz CT molecular complexity index is 416. The smallest absolute Gasteiger partial charge is 0.228 e. The Morgan fingerprint density at radius 2 is 2.32 bits per heavy atom. The average Bonchev–Trinajstić information content (AvgIpc) is 2.48. The van der Waals surface area contributed by atoms with Gasteiger partial charge in [-0.15, -0.1) is 0 Å². The van der Waals surface area contributed by atoms with Gasteiger partial charge in [0.2, 0.25) is 5.91 Å². The zero-order chi connectivity index (χ0) is 13.7. The van der Waals surface area contributed by atoms with Crippen LogP contribution in [0, 0.1) is 5.41 Å². The van der Waals surface area contributed by atoms with E-state index in [2.05, 4.69) is 10.3 Å². The minimum atomic E-state index is -0.477. The third kappa shape index (κ3) is 3.11. The molecule has 1 aromatic heterocycles. The van der Waals surface area contributed by atoms with Crippen molar-refractivity contribution in [1.29, 1.82) is 0 Å². The van der Waals surface area contributed by atoms with Crippen LogP contribution < -0.4 is 11.1 Å². The van der Waals surface area contributed by atoms with Gasteiger partial charge in [-0.2, -0.15) is 0 Å². The number of nitrogens with one attached hydrogen (secondary N) is 1. The molecule has 19 heavy (non-hydrogen) atoms. The first kappa shape index (κ1) is 14.0. The van der Waals surface area contributed by atoms with Gasteiger partial charge in [-0.3, -0.25) is 9.78 Å². The van der Waals surface area contributed by atoms with E-state index in [0.29, 0.717) is 32.6 Å². The van der Waals surface area contributed by atoms with Crippen LogP contribution in [0.2, 0.25) is 0 Å². The average molecular weight is 263 g/mol. The fourth-order valence-electron chi connectivity index (χ4n) is 2.35. The van der Waals surface area contributed by atoms with Gasteiger partial charge in [0.15, 0.2) is 0 Å². The number of aromatic nitrogens is 1. The summed E-state index contributed by atoms with van der Waals surface area (Å²) in [6, 6.07) is 3.76. The maximum atomic E-state index is 12.5. The van der Waals surface area contributed by atoms with Crippen LogP contribution in [-0.2, 0) is 9.53 Å². The Kier molecular flexibility index (Phi) is 4.50. The predicted molar refractivity (Wildman–Crippen MR) is 72.3 cm³/mol. The van der Waals surface area contributed by atoms with Crippen molar-refractivity contribution in [1.82, 2.24) is 10.3 Å². The normalized spacial score (nSPS) is 19.7. The molecule has 104 valence electrons. The molecule has 0 saturated carbocycles. The van der Waals surface area contributed by atoms with Crippen LogP contribution in [0.4, 0.5) is 0 Å². The number of nitrogens with two attached hydrogens (primary N) is 1. The van der Waals surface area contributed by atoms with Crippen LogP contribution in [0.25, 0.3) is 0 Å². The molecule has 0 aliphatic carbocycles. The lowest BCUT2D eigenvalue weighted by molar-refractivity contribution is -0.136. The van der Waals surface area contributed by atoms with E-state index in [9.17, 15) is 4.79 Å².